The fraction of sp³-hybridized carbons (Fsp3) is 1.00. The second-order valence-electron chi connectivity index (χ2n) is 5.02. The Hall–Kier alpha value is 0.160. The van der Waals surface area contributed by atoms with Crippen LogP contribution < -0.4 is 4.72 Å². The molecule has 1 saturated heterocycles. The zero-order valence-corrected chi connectivity index (χ0v) is 12.1. The van der Waals surface area contributed by atoms with Gasteiger partial charge >= 0.3 is 0 Å². The molecule has 0 amide bonds. The minimum Gasteiger partial charge on any atom is -0.377 e. The van der Waals surface area contributed by atoms with E-state index >= 15 is 0 Å². The Labute approximate surface area is 109 Å². The SMILES string of the molecule is CC(C)CC(CCl)NS(=O)(=O)CC1CCCO1. The summed E-state index contributed by atoms with van der Waals surface area (Å²) in [6, 6.07) is -0.178. The van der Waals surface area contributed by atoms with Crippen LogP contribution in [0.15, 0.2) is 0 Å². The lowest BCUT2D eigenvalue weighted by atomic mass is 10.1. The van der Waals surface area contributed by atoms with Gasteiger partial charge in [-0.1, -0.05) is 13.8 Å². The first kappa shape index (κ1) is 15.2. The molecule has 2 unspecified atom stereocenters. The molecule has 0 aromatic heterocycles. The normalized spacial score (nSPS) is 23.2. The lowest BCUT2D eigenvalue weighted by molar-refractivity contribution is 0.127. The summed E-state index contributed by atoms with van der Waals surface area (Å²) < 4.78 is 31.8. The Kier molecular flexibility index (Phi) is 6.20. The molecule has 6 heteroatoms. The van der Waals surface area contributed by atoms with Gasteiger partial charge in [0.1, 0.15) is 0 Å². The molecule has 1 rings (SSSR count). The van der Waals surface area contributed by atoms with E-state index in [1.54, 1.807) is 0 Å². The van der Waals surface area contributed by atoms with Gasteiger partial charge in [-0.25, -0.2) is 13.1 Å². The van der Waals surface area contributed by atoms with Crippen molar-refractivity contribution in [1.82, 2.24) is 4.72 Å². The summed E-state index contributed by atoms with van der Waals surface area (Å²) in [6.45, 7) is 4.77. The van der Waals surface area contributed by atoms with Crippen molar-refractivity contribution in [3.8, 4) is 0 Å². The van der Waals surface area contributed by atoms with Gasteiger partial charge in [-0.05, 0) is 25.2 Å². The molecule has 1 aliphatic rings. The monoisotopic (exact) mass is 283 g/mol. The largest absolute Gasteiger partial charge is 0.377 e. The summed E-state index contributed by atoms with van der Waals surface area (Å²) in [5.41, 5.74) is 0. The highest BCUT2D eigenvalue weighted by Gasteiger charge is 2.25. The first-order valence-corrected chi connectivity index (χ1v) is 8.29. The first-order chi connectivity index (χ1) is 7.93. The summed E-state index contributed by atoms with van der Waals surface area (Å²) in [6.07, 6.45) is 2.39. The molecular formula is C11H22ClNO3S. The number of ether oxygens (including phenoxy) is 1. The van der Waals surface area contributed by atoms with E-state index in [1.165, 1.54) is 0 Å². The quantitative estimate of drug-likeness (QED) is 0.724. The van der Waals surface area contributed by atoms with Crippen LogP contribution in [0.4, 0.5) is 0 Å². The number of nitrogens with one attached hydrogen (secondary N) is 1. The Morgan fingerprint density at radius 1 is 1.47 bits per heavy atom. The summed E-state index contributed by atoms with van der Waals surface area (Å²) in [5, 5.41) is 0. The van der Waals surface area contributed by atoms with Crippen molar-refractivity contribution in [2.75, 3.05) is 18.2 Å². The summed E-state index contributed by atoms with van der Waals surface area (Å²) in [4.78, 5) is 0. The highest BCUT2D eigenvalue weighted by molar-refractivity contribution is 7.89. The van der Waals surface area contributed by atoms with Gasteiger partial charge in [0, 0.05) is 18.5 Å². The average molecular weight is 284 g/mol. The van der Waals surface area contributed by atoms with Gasteiger partial charge < -0.3 is 4.74 Å². The number of hydrogen-bond acceptors (Lipinski definition) is 3. The molecule has 0 radical (unpaired) electrons. The van der Waals surface area contributed by atoms with Gasteiger partial charge in [-0.15, -0.1) is 11.6 Å². The van der Waals surface area contributed by atoms with Crippen LogP contribution in [-0.2, 0) is 14.8 Å². The Balaban J connectivity index is 2.45. The standard InChI is InChI=1S/C11H22ClNO3S/c1-9(2)6-10(7-12)13-17(14,15)8-11-4-3-5-16-11/h9-11,13H,3-8H2,1-2H3. The zero-order valence-electron chi connectivity index (χ0n) is 10.5. The van der Waals surface area contributed by atoms with Crippen LogP contribution in [0.25, 0.3) is 0 Å². The van der Waals surface area contributed by atoms with E-state index < -0.39 is 10.0 Å². The van der Waals surface area contributed by atoms with Gasteiger partial charge in [0.2, 0.25) is 10.0 Å². The second kappa shape index (κ2) is 6.92. The number of rotatable bonds is 7. The molecule has 0 saturated carbocycles. The van der Waals surface area contributed by atoms with Crippen LogP contribution in [0.1, 0.15) is 33.1 Å². The van der Waals surface area contributed by atoms with Crippen LogP contribution in [0.5, 0.6) is 0 Å². The molecule has 102 valence electrons. The minimum atomic E-state index is -3.28. The average Bonchev–Trinajstić information content (AvgIpc) is 2.67. The predicted octanol–water partition coefficient (Wildman–Crippen LogP) is 1.74. The molecule has 1 N–H and O–H groups in total. The molecule has 17 heavy (non-hydrogen) atoms. The van der Waals surface area contributed by atoms with Crippen molar-refractivity contribution in [2.24, 2.45) is 5.92 Å². The van der Waals surface area contributed by atoms with Gasteiger partial charge in [0.25, 0.3) is 0 Å². The summed E-state index contributed by atoms with van der Waals surface area (Å²) >= 11 is 5.78. The highest BCUT2D eigenvalue weighted by Crippen LogP contribution is 2.14. The van der Waals surface area contributed by atoms with E-state index in [-0.39, 0.29) is 17.9 Å². The Morgan fingerprint density at radius 3 is 2.65 bits per heavy atom. The van der Waals surface area contributed by atoms with Crippen LogP contribution >= 0.6 is 11.6 Å². The van der Waals surface area contributed by atoms with Crippen LogP contribution in [0.2, 0.25) is 0 Å². The van der Waals surface area contributed by atoms with Gasteiger partial charge in [0.05, 0.1) is 11.9 Å². The molecule has 1 heterocycles. The van der Waals surface area contributed by atoms with E-state index in [4.69, 9.17) is 16.3 Å². The summed E-state index contributed by atoms with van der Waals surface area (Å²) in [5.74, 6) is 0.783. The third kappa shape index (κ3) is 6.04. The van der Waals surface area contributed by atoms with E-state index in [9.17, 15) is 8.42 Å². The van der Waals surface area contributed by atoms with Crippen LogP contribution in [-0.4, -0.2) is 38.8 Å². The zero-order chi connectivity index (χ0) is 12.9. The maximum Gasteiger partial charge on any atom is 0.214 e. The topological polar surface area (TPSA) is 55.4 Å². The van der Waals surface area contributed by atoms with Crippen molar-refractivity contribution in [1.29, 1.82) is 0 Å². The smallest absolute Gasteiger partial charge is 0.214 e. The highest BCUT2D eigenvalue weighted by atomic mass is 35.5. The van der Waals surface area contributed by atoms with Gasteiger partial charge in [0.15, 0.2) is 0 Å². The molecule has 0 aliphatic carbocycles. The van der Waals surface area contributed by atoms with E-state index in [0.29, 0.717) is 18.4 Å². The fourth-order valence-electron chi connectivity index (χ4n) is 2.03. The molecule has 0 spiro atoms. The Bertz CT molecular complexity index is 313. The van der Waals surface area contributed by atoms with E-state index in [2.05, 4.69) is 4.72 Å². The number of hydrogen-bond donors (Lipinski definition) is 1. The third-order valence-corrected chi connectivity index (χ3v) is 4.59. The second-order valence-corrected chi connectivity index (χ2v) is 7.12. The molecule has 2 atom stereocenters. The van der Waals surface area contributed by atoms with Crippen molar-refractivity contribution in [2.45, 2.75) is 45.3 Å². The third-order valence-electron chi connectivity index (χ3n) is 2.72. The molecule has 4 nitrogen and oxygen atoms in total. The minimum absolute atomic E-state index is 0.0541. The number of alkyl halides is 1. The van der Waals surface area contributed by atoms with Crippen LogP contribution in [0.3, 0.4) is 0 Å². The molecule has 1 aliphatic heterocycles. The Morgan fingerprint density at radius 2 is 2.18 bits per heavy atom. The lowest BCUT2D eigenvalue weighted by Crippen LogP contribution is -2.40. The van der Waals surface area contributed by atoms with E-state index in [0.717, 1.165) is 19.3 Å². The van der Waals surface area contributed by atoms with Crippen molar-refractivity contribution >= 4 is 21.6 Å². The maximum atomic E-state index is 11.9. The molecule has 0 aromatic carbocycles. The van der Waals surface area contributed by atoms with Crippen LogP contribution in [0, 0.1) is 5.92 Å². The van der Waals surface area contributed by atoms with Crippen molar-refractivity contribution in [3.63, 3.8) is 0 Å². The fourth-order valence-corrected chi connectivity index (χ4v) is 3.86. The number of halogens is 1. The van der Waals surface area contributed by atoms with Gasteiger partial charge in [-0.3, -0.25) is 0 Å². The first-order valence-electron chi connectivity index (χ1n) is 6.10. The predicted molar refractivity (Wildman–Crippen MR) is 69.9 cm³/mol. The van der Waals surface area contributed by atoms with Gasteiger partial charge in [-0.2, -0.15) is 0 Å². The molecule has 0 aromatic rings. The molecule has 1 fully saturated rings. The van der Waals surface area contributed by atoms with Crippen molar-refractivity contribution < 1.29 is 13.2 Å². The van der Waals surface area contributed by atoms with E-state index in [1.807, 2.05) is 13.8 Å². The van der Waals surface area contributed by atoms with Crippen molar-refractivity contribution in [3.05, 3.63) is 0 Å². The summed E-state index contributed by atoms with van der Waals surface area (Å²) in [7, 11) is -3.28. The molecule has 0 bridgehead atoms. The lowest BCUT2D eigenvalue weighted by Gasteiger charge is -2.19. The maximum absolute atomic E-state index is 11.9. The molecular weight excluding hydrogens is 262 g/mol. The number of sulfonamides is 1.